The average molecular weight is 333 g/mol. The van der Waals surface area contributed by atoms with Crippen molar-refractivity contribution in [3.63, 3.8) is 0 Å². The third-order valence-electron chi connectivity index (χ3n) is 2.92. The summed E-state index contributed by atoms with van der Waals surface area (Å²) in [6.07, 6.45) is -0.567. The summed E-state index contributed by atoms with van der Waals surface area (Å²) in [7, 11) is 0. The molecule has 6 nitrogen and oxygen atoms in total. The number of carbonyl (C=O) groups is 2. The quantitative estimate of drug-likeness (QED) is 0.867. The van der Waals surface area contributed by atoms with Gasteiger partial charge < -0.3 is 10.1 Å². The van der Waals surface area contributed by atoms with E-state index in [9.17, 15) is 9.59 Å². The van der Waals surface area contributed by atoms with Gasteiger partial charge in [0.2, 0.25) is 5.91 Å². The molecule has 0 aliphatic heterocycles. The highest BCUT2D eigenvalue weighted by Gasteiger charge is 2.18. The molecule has 1 aromatic heterocycles. The number of hydrogen-bond donors (Lipinski definition) is 2. The van der Waals surface area contributed by atoms with Gasteiger partial charge >= 0.3 is 6.09 Å². The minimum absolute atomic E-state index is 0.103. The van der Waals surface area contributed by atoms with Crippen LogP contribution in [0.4, 0.5) is 14.9 Å². The molecule has 1 aromatic carbocycles. The molecule has 23 heavy (non-hydrogen) atoms. The molecule has 1 heterocycles. The molecule has 0 aliphatic rings. The fourth-order valence-corrected chi connectivity index (χ4v) is 2.64. The van der Waals surface area contributed by atoms with Crippen molar-refractivity contribution in [2.75, 3.05) is 17.2 Å². The van der Waals surface area contributed by atoms with E-state index in [1.54, 1.807) is 6.92 Å². The van der Waals surface area contributed by atoms with Crippen molar-refractivity contribution in [3.8, 4) is 11.3 Å². The molecule has 122 valence electrons. The number of anilines is 2. The van der Waals surface area contributed by atoms with Gasteiger partial charge in [-0.25, -0.2) is 9.78 Å². The van der Waals surface area contributed by atoms with Crippen LogP contribution in [0.15, 0.2) is 30.3 Å². The monoisotopic (exact) mass is 333 g/mol. The van der Waals surface area contributed by atoms with E-state index in [-0.39, 0.29) is 18.4 Å². The highest BCUT2D eigenvalue weighted by molar-refractivity contribution is 7.20. The van der Waals surface area contributed by atoms with Gasteiger partial charge in [-0.05, 0) is 6.92 Å². The molecule has 0 radical (unpaired) electrons. The molecule has 2 N–H and O–H groups in total. The second-order valence-corrected chi connectivity index (χ2v) is 6.05. The number of aromatic nitrogens is 1. The van der Waals surface area contributed by atoms with Gasteiger partial charge in [-0.3, -0.25) is 10.1 Å². The number of benzene rings is 1. The molecular formula is C16H19N3O3S. The van der Waals surface area contributed by atoms with Gasteiger partial charge in [-0.15, -0.1) is 0 Å². The second kappa shape index (κ2) is 7.73. The third-order valence-corrected chi connectivity index (χ3v) is 3.81. The molecular weight excluding hydrogens is 314 g/mol. The van der Waals surface area contributed by atoms with Crippen LogP contribution in [0.5, 0.6) is 0 Å². The third kappa shape index (κ3) is 4.53. The Balaban J connectivity index is 2.32. The van der Waals surface area contributed by atoms with E-state index >= 15 is 0 Å². The van der Waals surface area contributed by atoms with Gasteiger partial charge in [0.15, 0.2) is 5.13 Å². The molecule has 0 atom stereocenters. The fraction of sp³-hybridized carbons (Fsp3) is 0.312. The van der Waals surface area contributed by atoms with Crippen molar-refractivity contribution < 1.29 is 14.3 Å². The maximum atomic E-state index is 12.0. The lowest BCUT2D eigenvalue weighted by atomic mass is 10.1. The Morgan fingerprint density at radius 3 is 2.52 bits per heavy atom. The molecule has 7 heteroatoms. The van der Waals surface area contributed by atoms with Crippen LogP contribution in [0, 0.1) is 5.92 Å². The summed E-state index contributed by atoms with van der Waals surface area (Å²) in [6, 6.07) is 9.48. The molecule has 0 bridgehead atoms. The highest BCUT2D eigenvalue weighted by atomic mass is 32.1. The maximum absolute atomic E-state index is 12.0. The smallest absolute Gasteiger partial charge is 0.413 e. The van der Waals surface area contributed by atoms with Gasteiger partial charge in [0.1, 0.15) is 10.7 Å². The van der Waals surface area contributed by atoms with Crippen LogP contribution in [0.25, 0.3) is 11.3 Å². The summed E-state index contributed by atoms with van der Waals surface area (Å²) >= 11 is 1.20. The standard InChI is InChI=1S/C16H19N3O3S/c1-4-22-16(21)19-15-17-12(11-8-6-5-7-9-11)14(23-15)18-13(20)10(2)3/h5-10H,4H2,1-3H3,(H,18,20)(H,17,19,21). The van der Waals surface area contributed by atoms with Crippen molar-refractivity contribution in [1.82, 2.24) is 4.98 Å². The van der Waals surface area contributed by atoms with E-state index in [1.807, 2.05) is 44.2 Å². The number of rotatable bonds is 5. The second-order valence-electron chi connectivity index (χ2n) is 5.05. The van der Waals surface area contributed by atoms with Crippen LogP contribution in [-0.2, 0) is 9.53 Å². The summed E-state index contributed by atoms with van der Waals surface area (Å²) < 4.78 is 4.85. The normalized spacial score (nSPS) is 10.4. The van der Waals surface area contributed by atoms with Crippen LogP contribution in [0.3, 0.4) is 0 Å². The van der Waals surface area contributed by atoms with Crippen molar-refractivity contribution in [3.05, 3.63) is 30.3 Å². The summed E-state index contributed by atoms with van der Waals surface area (Å²) in [6.45, 7) is 5.64. The first-order valence-electron chi connectivity index (χ1n) is 7.32. The molecule has 2 amide bonds. The zero-order valence-corrected chi connectivity index (χ0v) is 14.1. The van der Waals surface area contributed by atoms with Gasteiger partial charge in [0.25, 0.3) is 0 Å². The largest absolute Gasteiger partial charge is 0.450 e. The molecule has 0 aliphatic carbocycles. The Kier molecular flexibility index (Phi) is 5.70. The predicted octanol–water partition coefficient (Wildman–Crippen LogP) is 3.97. The first kappa shape index (κ1) is 17.0. The lowest BCUT2D eigenvalue weighted by Gasteiger charge is -2.07. The van der Waals surface area contributed by atoms with Crippen molar-refractivity contribution >= 4 is 33.5 Å². The van der Waals surface area contributed by atoms with Crippen LogP contribution >= 0.6 is 11.3 Å². The number of amides is 2. The maximum Gasteiger partial charge on any atom is 0.413 e. The van der Waals surface area contributed by atoms with Crippen molar-refractivity contribution in [1.29, 1.82) is 0 Å². The minimum atomic E-state index is -0.567. The Labute approximate surface area is 138 Å². The van der Waals surface area contributed by atoms with Crippen LogP contribution in [0.2, 0.25) is 0 Å². The van der Waals surface area contributed by atoms with E-state index in [1.165, 1.54) is 11.3 Å². The SMILES string of the molecule is CCOC(=O)Nc1nc(-c2ccccc2)c(NC(=O)C(C)C)s1. The number of hydrogen-bond acceptors (Lipinski definition) is 5. The van der Waals surface area contributed by atoms with E-state index < -0.39 is 6.09 Å². The number of ether oxygens (including phenoxy) is 1. The van der Waals surface area contributed by atoms with E-state index in [2.05, 4.69) is 15.6 Å². The fourth-order valence-electron chi connectivity index (χ4n) is 1.76. The zero-order valence-electron chi connectivity index (χ0n) is 13.3. The summed E-state index contributed by atoms with van der Waals surface area (Å²) in [4.78, 5) is 27.9. The van der Waals surface area contributed by atoms with Gasteiger partial charge in [0.05, 0.1) is 6.61 Å². The molecule has 0 unspecified atom stereocenters. The van der Waals surface area contributed by atoms with Crippen LogP contribution in [-0.4, -0.2) is 23.6 Å². The molecule has 2 aromatic rings. The molecule has 0 spiro atoms. The Morgan fingerprint density at radius 2 is 1.91 bits per heavy atom. The number of nitrogens with zero attached hydrogens (tertiary/aromatic N) is 1. The Hall–Kier alpha value is -2.41. The summed E-state index contributed by atoms with van der Waals surface area (Å²) in [5, 5.41) is 6.40. The van der Waals surface area contributed by atoms with Crippen molar-refractivity contribution in [2.24, 2.45) is 5.92 Å². The Morgan fingerprint density at radius 1 is 1.22 bits per heavy atom. The average Bonchev–Trinajstić information content (AvgIpc) is 2.90. The molecule has 0 fully saturated rings. The first-order chi connectivity index (χ1) is 11.0. The number of nitrogens with one attached hydrogen (secondary N) is 2. The number of thiazole rings is 1. The lowest BCUT2D eigenvalue weighted by Crippen LogP contribution is -2.17. The van der Waals surface area contributed by atoms with Crippen molar-refractivity contribution in [2.45, 2.75) is 20.8 Å². The molecule has 0 saturated carbocycles. The minimum Gasteiger partial charge on any atom is -0.450 e. The van der Waals surface area contributed by atoms with E-state index in [4.69, 9.17) is 4.74 Å². The predicted molar refractivity (Wildman–Crippen MR) is 91.7 cm³/mol. The van der Waals surface area contributed by atoms with Crippen LogP contribution in [0.1, 0.15) is 20.8 Å². The van der Waals surface area contributed by atoms with Gasteiger partial charge in [0, 0.05) is 11.5 Å². The molecule has 2 rings (SSSR count). The topological polar surface area (TPSA) is 80.3 Å². The zero-order chi connectivity index (χ0) is 16.8. The van der Waals surface area contributed by atoms with Gasteiger partial charge in [-0.1, -0.05) is 55.5 Å². The summed E-state index contributed by atoms with van der Waals surface area (Å²) in [5.74, 6) is -0.254. The number of carbonyl (C=O) groups excluding carboxylic acids is 2. The van der Waals surface area contributed by atoms with E-state index in [0.29, 0.717) is 15.8 Å². The lowest BCUT2D eigenvalue weighted by molar-refractivity contribution is -0.118. The summed E-state index contributed by atoms with van der Waals surface area (Å²) in [5.41, 5.74) is 1.48. The van der Waals surface area contributed by atoms with E-state index in [0.717, 1.165) is 5.56 Å². The highest BCUT2D eigenvalue weighted by Crippen LogP contribution is 2.36. The first-order valence-corrected chi connectivity index (χ1v) is 8.13. The van der Waals surface area contributed by atoms with Gasteiger partial charge in [-0.2, -0.15) is 0 Å². The molecule has 0 saturated heterocycles. The Bertz CT molecular complexity index is 683. The van der Waals surface area contributed by atoms with Crippen LogP contribution < -0.4 is 10.6 Å².